The fourth-order valence-corrected chi connectivity index (χ4v) is 5.65. The Morgan fingerprint density at radius 3 is 2.22 bits per heavy atom. The molecular weight excluding hydrogens is 381 g/mol. The van der Waals surface area contributed by atoms with Gasteiger partial charge in [-0.25, -0.2) is 4.79 Å². The van der Waals surface area contributed by atoms with Crippen molar-refractivity contribution < 1.29 is 18.6 Å². The van der Waals surface area contributed by atoms with Crippen LogP contribution < -0.4 is 9.83 Å². The van der Waals surface area contributed by atoms with Crippen LogP contribution >= 0.6 is 42.2 Å². The molecule has 0 amide bonds. The second-order valence-corrected chi connectivity index (χ2v) is 9.55. The summed E-state index contributed by atoms with van der Waals surface area (Å²) in [4.78, 5) is 12.3. The standard InChI is InChI=1S/C15H10Cl3O4P/c16-15(17,18)14-21-13(19)11-8-4-5-9-12(11)22-23(14,20)10-6-2-1-3-7-10/h1-9,14H/t14-,23-/m0/s1. The summed E-state index contributed by atoms with van der Waals surface area (Å²) in [7, 11) is -3.85. The number of rotatable bonds is 1. The molecule has 0 aromatic heterocycles. The van der Waals surface area contributed by atoms with Gasteiger partial charge in [-0.3, -0.25) is 4.57 Å². The number of benzene rings is 2. The molecule has 0 radical (unpaired) electrons. The van der Waals surface area contributed by atoms with Crippen molar-refractivity contribution in [3.05, 3.63) is 60.2 Å². The van der Waals surface area contributed by atoms with Crippen LogP contribution in [0.25, 0.3) is 0 Å². The Morgan fingerprint density at radius 1 is 0.957 bits per heavy atom. The summed E-state index contributed by atoms with van der Waals surface area (Å²) in [6.07, 6.45) is 0. The lowest BCUT2D eigenvalue weighted by Crippen LogP contribution is -2.34. The third kappa shape index (κ3) is 3.09. The average molecular weight is 392 g/mol. The molecule has 8 heteroatoms. The Labute approximate surface area is 147 Å². The Hall–Kier alpha value is -1.19. The summed E-state index contributed by atoms with van der Waals surface area (Å²) in [5.41, 5.74) is 0.125. The van der Waals surface area contributed by atoms with Crippen molar-refractivity contribution in [3.63, 3.8) is 0 Å². The molecule has 0 saturated carbocycles. The molecule has 0 spiro atoms. The van der Waals surface area contributed by atoms with Crippen molar-refractivity contribution in [2.75, 3.05) is 0 Å². The van der Waals surface area contributed by atoms with E-state index in [9.17, 15) is 9.36 Å². The number of carbonyl (C=O) groups excluding carboxylic acids is 1. The molecule has 120 valence electrons. The second-order valence-electron chi connectivity index (χ2n) is 4.82. The SMILES string of the molecule is O=C1O[C@H](C(Cl)(Cl)Cl)[P@](=O)(c2ccccc2)Oc2ccccc21. The van der Waals surface area contributed by atoms with Gasteiger partial charge in [0.1, 0.15) is 11.3 Å². The van der Waals surface area contributed by atoms with E-state index in [0.29, 0.717) is 5.30 Å². The van der Waals surface area contributed by atoms with Crippen LogP contribution in [0.15, 0.2) is 54.6 Å². The highest BCUT2D eigenvalue weighted by Gasteiger charge is 2.54. The van der Waals surface area contributed by atoms with Crippen LogP contribution in [0.4, 0.5) is 0 Å². The molecule has 0 unspecified atom stereocenters. The average Bonchev–Trinajstić information content (AvgIpc) is 2.64. The molecule has 0 aliphatic carbocycles. The van der Waals surface area contributed by atoms with E-state index < -0.39 is 23.0 Å². The van der Waals surface area contributed by atoms with Crippen LogP contribution in [0.2, 0.25) is 0 Å². The number of esters is 1. The molecule has 23 heavy (non-hydrogen) atoms. The zero-order valence-electron chi connectivity index (χ0n) is 11.5. The molecule has 4 nitrogen and oxygen atoms in total. The van der Waals surface area contributed by atoms with Crippen molar-refractivity contribution in [1.29, 1.82) is 0 Å². The van der Waals surface area contributed by atoms with Crippen LogP contribution in [0.1, 0.15) is 10.4 Å². The van der Waals surface area contributed by atoms with Crippen molar-refractivity contribution in [1.82, 2.24) is 0 Å². The summed E-state index contributed by atoms with van der Waals surface area (Å²) >= 11 is 17.8. The van der Waals surface area contributed by atoms with Crippen molar-refractivity contribution in [2.24, 2.45) is 0 Å². The molecule has 0 bridgehead atoms. The van der Waals surface area contributed by atoms with Crippen molar-refractivity contribution in [3.8, 4) is 5.75 Å². The number of carbonyl (C=O) groups is 1. The molecule has 2 aromatic carbocycles. The maximum atomic E-state index is 13.6. The van der Waals surface area contributed by atoms with E-state index in [1.54, 1.807) is 42.5 Å². The minimum Gasteiger partial charge on any atom is -0.442 e. The third-order valence-corrected chi connectivity index (χ3v) is 6.91. The first-order chi connectivity index (χ1) is 10.8. The van der Waals surface area contributed by atoms with Gasteiger partial charge in [0.15, 0.2) is 0 Å². The fraction of sp³-hybridized carbons (Fsp3) is 0.133. The number of hydrogen-bond donors (Lipinski definition) is 0. The van der Waals surface area contributed by atoms with Gasteiger partial charge in [0, 0.05) is 0 Å². The van der Waals surface area contributed by atoms with Crippen LogP contribution in [-0.4, -0.2) is 15.6 Å². The van der Waals surface area contributed by atoms with E-state index in [2.05, 4.69) is 0 Å². The summed E-state index contributed by atoms with van der Waals surface area (Å²) in [6, 6.07) is 14.5. The quantitative estimate of drug-likeness (QED) is 0.407. The van der Waals surface area contributed by atoms with Gasteiger partial charge < -0.3 is 9.26 Å². The lowest BCUT2D eigenvalue weighted by Gasteiger charge is -2.29. The highest BCUT2D eigenvalue weighted by molar-refractivity contribution is 7.68. The van der Waals surface area contributed by atoms with E-state index in [1.165, 1.54) is 12.1 Å². The summed E-state index contributed by atoms with van der Waals surface area (Å²) in [5.74, 6) is -2.20. The van der Waals surface area contributed by atoms with Gasteiger partial charge in [-0.05, 0) is 24.3 Å². The summed E-state index contributed by atoms with van der Waals surface area (Å²) in [5, 5.41) is 0.292. The van der Waals surface area contributed by atoms with Gasteiger partial charge in [-0.1, -0.05) is 65.1 Å². The zero-order valence-corrected chi connectivity index (χ0v) is 14.6. The first-order valence-corrected chi connectivity index (χ1v) is 9.37. The molecule has 2 atom stereocenters. The Kier molecular flexibility index (Phi) is 4.37. The minimum absolute atomic E-state index is 0.125. The topological polar surface area (TPSA) is 52.6 Å². The summed E-state index contributed by atoms with van der Waals surface area (Å²) < 4.78 is 22.4. The number of halogens is 3. The smallest absolute Gasteiger partial charge is 0.342 e. The monoisotopic (exact) mass is 390 g/mol. The van der Waals surface area contributed by atoms with Gasteiger partial charge in [0.25, 0.3) is 0 Å². The third-order valence-electron chi connectivity index (χ3n) is 3.26. The largest absolute Gasteiger partial charge is 0.442 e. The van der Waals surface area contributed by atoms with Crippen molar-refractivity contribution >= 4 is 53.4 Å². The molecule has 3 rings (SSSR count). The van der Waals surface area contributed by atoms with Gasteiger partial charge in [-0.15, -0.1) is 0 Å². The molecular formula is C15H10Cl3O4P. The molecule has 2 aromatic rings. The predicted octanol–water partition coefficient (Wildman–Crippen LogP) is 4.54. The Morgan fingerprint density at radius 2 is 1.57 bits per heavy atom. The first-order valence-electron chi connectivity index (χ1n) is 6.54. The van der Waals surface area contributed by atoms with E-state index in [0.717, 1.165) is 0 Å². The first kappa shape index (κ1) is 16.7. The molecule has 1 aliphatic heterocycles. The van der Waals surface area contributed by atoms with Gasteiger partial charge in [0.2, 0.25) is 9.64 Å². The number of hydrogen-bond acceptors (Lipinski definition) is 4. The zero-order chi connectivity index (χ0) is 16.7. The number of para-hydroxylation sites is 1. The second kappa shape index (κ2) is 6.03. The molecule has 0 saturated heterocycles. The molecule has 0 fully saturated rings. The molecule has 0 N–H and O–H groups in total. The maximum Gasteiger partial charge on any atom is 0.342 e. The van der Waals surface area contributed by atoms with Crippen LogP contribution in [0, 0.1) is 0 Å². The number of fused-ring (bicyclic) bond motifs is 1. The van der Waals surface area contributed by atoms with Gasteiger partial charge in [-0.2, -0.15) is 0 Å². The Balaban J connectivity index is 2.22. The van der Waals surface area contributed by atoms with Crippen LogP contribution in [-0.2, 0) is 9.30 Å². The van der Waals surface area contributed by atoms with E-state index in [4.69, 9.17) is 44.1 Å². The fourth-order valence-electron chi connectivity index (χ4n) is 2.23. The maximum absolute atomic E-state index is 13.6. The lowest BCUT2D eigenvalue weighted by molar-refractivity contribution is 0.0449. The van der Waals surface area contributed by atoms with E-state index in [-0.39, 0.29) is 11.3 Å². The molecule has 1 heterocycles. The number of alkyl halides is 3. The minimum atomic E-state index is -3.85. The lowest BCUT2D eigenvalue weighted by atomic mass is 10.2. The summed E-state index contributed by atoms with van der Waals surface area (Å²) in [6.45, 7) is 0. The van der Waals surface area contributed by atoms with Gasteiger partial charge in [0.05, 0.1) is 5.30 Å². The predicted molar refractivity (Wildman–Crippen MR) is 90.2 cm³/mol. The number of ether oxygens (including phenoxy) is 1. The Bertz CT molecular complexity index is 789. The van der Waals surface area contributed by atoms with E-state index >= 15 is 0 Å². The normalized spacial score (nSPS) is 24.1. The molecule has 1 aliphatic rings. The van der Waals surface area contributed by atoms with E-state index in [1.807, 2.05) is 0 Å². The highest BCUT2D eigenvalue weighted by atomic mass is 35.6. The number of cyclic esters (lactones) is 1. The van der Waals surface area contributed by atoms with Crippen molar-refractivity contribution in [2.45, 2.75) is 9.64 Å². The van der Waals surface area contributed by atoms with Crippen LogP contribution in [0.5, 0.6) is 5.75 Å². The van der Waals surface area contributed by atoms with Crippen LogP contribution in [0.3, 0.4) is 0 Å². The van der Waals surface area contributed by atoms with Gasteiger partial charge >= 0.3 is 13.3 Å². The highest BCUT2D eigenvalue weighted by Crippen LogP contribution is 2.60.